The van der Waals surface area contributed by atoms with Crippen LogP contribution in [0, 0.1) is 18.7 Å². The van der Waals surface area contributed by atoms with E-state index < -0.39 is 21.8 Å². The minimum atomic E-state index is -3.70. The molecular formula is C17H21FN4O3S. The van der Waals surface area contributed by atoms with Crippen molar-refractivity contribution in [3.05, 3.63) is 47.5 Å². The highest BCUT2D eigenvalue weighted by Crippen LogP contribution is 2.26. The van der Waals surface area contributed by atoms with Crippen molar-refractivity contribution in [2.24, 2.45) is 13.0 Å². The number of benzene rings is 1. The van der Waals surface area contributed by atoms with Gasteiger partial charge in [0.05, 0.1) is 23.1 Å². The van der Waals surface area contributed by atoms with Crippen LogP contribution < -0.4 is 5.32 Å². The van der Waals surface area contributed by atoms with Crippen LogP contribution in [0.5, 0.6) is 0 Å². The Bertz CT molecular complexity index is 918. The van der Waals surface area contributed by atoms with Gasteiger partial charge in [-0.2, -0.15) is 9.40 Å². The molecule has 1 aromatic carbocycles. The molecule has 1 fully saturated rings. The maximum atomic E-state index is 13.0. The number of carbonyl (C=O) groups is 1. The summed E-state index contributed by atoms with van der Waals surface area (Å²) in [6.45, 7) is 4.02. The van der Waals surface area contributed by atoms with Crippen molar-refractivity contribution in [2.45, 2.75) is 24.8 Å². The van der Waals surface area contributed by atoms with E-state index in [1.807, 2.05) is 20.9 Å². The van der Waals surface area contributed by atoms with E-state index in [0.29, 0.717) is 0 Å². The minimum Gasteiger partial charge on any atom is -0.349 e. The van der Waals surface area contributed by atoms with E-state index in [-0.39, 0.29) is 29.9 Å². The molecule has 1 saturated heterocycles. The van der Waals surface area contributed by atoms with Crippen LogP contribution in [-0.2, 0) is 21.9 Å². The zero-order chi connectivity index (χ0) is 19.1. The molecule has 3 rings (SSSR count). The fourth-order valence-electron chi connectivity index (χ4n) is 2.91. The third-order valence-corrected chi connectivity index (χ3v) is 6.61. The summed E-state index contributed by atoms with van der Waals surface area (Å²) < 4.78 is 40.8. The Balaban J connectivity index is 1.60. The highest BCUT2D eigenvalue weighted by Gasteiger charge is 2.40. The standard InChI is InChI=1S/C17H21FN4O3S/c1-11(16-8-19-21(3)12(16)2)20-17(23)13-9-22(10-13)26(24,25)15-6-4-14(18)5-7-15/h4-8,11,13H,9-10H2,1-3H3,(H,20,23)/t11-/m0/s1. The molecule has 2 aromatic rings. The molecule has 1 aliphatic heterocycles. The number of nitrogens with one attached hydrogen (secondary N) is 1. The number of amides is 1. The summed E-state index contributed by atoms with van der Waals surface area (Å²) >= 11 is 0. The predicted octanol–water partition coefficient (Wildman–Crippen LogP) is 1.37. The second-order valence-corrected chi connectivity index (χ2v) is 8.45. The molecule has 140 valence electrons. The van der Waals surface area contributed by atoms with E-state index in [1.165, 1.54) is 16.4 Å². The SMILES string of the molecule is Cc1c([C@H](C)NC(=O)C2CN(S(=O)(=O)c3ccc(F)cc3)C2)cnn1C. The fourth-order valence-corrected chi connectivity index (χ4v) is 4.44. The van der Waals surface area contributed by atoms with Crippen molar-refractivity contribution in [3.8, 4) is 0 Å². The summed E-state index contributed by atoms with van der Waals surface area (Å²) in [5.41, 5.74) is 1.89. The normalized spacial score (nSPS) is 16.9. The van der Waals surface area contributed by atoms with Crippen molar-refractivity contribution in [1.29, 1.82) is 0 Å². The van der Waals surface area contributed by atoms with Gasteiger partial charge in [0, 0.05) is 31.4 Å². The molecule has 2 heterocycles. The molecule has 1 amide bonds. The van der Waals surface area contributed by atoms with Crippen molar-refractivity contribution >= 4 is 15.9 Å². The number of hydrogen-bond donors (Lipinski definition) is 1. The Morgan fingerprint density at radius 2 is 1.92 bits per heavy atom. The van der Waals surface area contributed by atoms with Crippen molar-refractivity contribution in [3.63, 3.8) is 0 Å². The molecule has 1 N–H and O–H groups in total. The lowest BCUT2D eigenvalue weighted by molar-refractivity contribution is -0.128. The first-order valence-corrected chi connectivity index (χ1v) is 9.68. The van der Waals surface area contributed by atoms with Crippen molar-refractivity contribution in [2.75, 3.05) is 13.1 Å². The number of nitrogens with zero attached hydrogens (tertiary/aromatic N) is 3. The summed E-state index contributed by atoms with van der Waals surface area (Å²) in [7, 11) is -1.87. The van der Waals surface area contributed by atoms with Crippen LogP contribution in [0.3, 0.4) is 0 Å². The molecule has 0 saturated carbocycles. The van der Waals surface area contributed by atoms with Gasteiger partial charge < -0.3 is 5.32 Å². The Labute approximate surface area is 151 Å². The lowest BCUT2D eigenvalue weighted by atomic mass is 10.0. The summed E-state index contributed by atoms with van der Waals surface area (Å²) in [4.78, 5) is 12.4. The first-order valence-electron chi connectivity index (χ1n) is 8.24. The maximum Gasteiger partial charge on any atom is 0.243 e. The molecule has 0 bridgehead atoms. The van der Waals surface area contributed by atoms with Gasteiger partial charge in [0.2, 0.25) is 15.9 Å². The molecular weight excluding hydrogens is 359 g/mol. The van der Waals surface area contributed by atoms with Crippen LogP contribution >= 0.6 is 0 Å². The number of rotatable bonds is 5. The Hall–Kier alpha value is -2.26. The molecule has 1 aromatic heterocycles. The van der Waals surface area contributed by atoms with Crippen molar-refractivity contribution < 1.29 is 17.6 Å². The lowest BCUT2D eigenvalue weighted by Gasteiger charge is -2.37. The van der Waals surface area contributed by atoms with Crippen LogP contribution in [-0.4, -0.2) is 41.5 Å². The molecule has 0 radical (unpaired) electrons. The summed E-state index contributed by atoms with van der Waals surface area (Å²) in [6, 6.07) is 4.46. The van der Waals surface area contributed by atoms with Crippen LogP contribution in [0.4, 0.5) is 4.39 Å². The second-order valence-electron chi connectivity index (χ2n) is 6.51. The maximum absolute atomic E-state index is 13.0. The Morgan fingerprint density at radius 1 is 1.31 bits per heavy atom. The number of aryl methyl sites for hydroxylation is 1. The van der Waals surface area contributed by atoms with Crippen LogP contribution in [0.2, 0.25) is 0 Å². The van der Waals surface area contributed by atoms with Gasteiger partial charge in [-0.1, -0.05) is 0 Å². The highest BCUT2D eigenvalue weighted by atomic mass is 32.2. The van der Waals surface area contributed by atoms with Crippen LogP contribution in [0.25, 0.3) is 0 Å². The summed E-state index contributed by atoms with van der Waals surface area (Å²) in [5.74, 6) is -1.08. The van der Waals surface area contributed by atoms with Gasteiger partial charge in [0.25, 0.3) is 0 Å². The zero-order valence-electron chi connectivity index (χ0n) is 14.8. The molecule has 0 spiro atoms. The number of halogens is 1. The quantitative estimate of drug-likeness (QED) is 0.849. The van der Waals surface area contributed by atoms with Gasteiger partial charge >= 0.3 is 0 Å². The minimum absolute atomic E-state index is 0.0251. The third-order valence-electron chi connectivity index (χ3n) is 4.77. The summed E-state index contributed by atoms with van der Waals surface area (Å²) in [6.07, 6.45) is 1.71. The van der Waals surface area contributed by atoms with E-state index in [0.717, 1.165) is 23.4 Å². The van der Waals surface area contributed by atoms with Crippen LogP contribution in [0.15, 0.2) is 35.4 Å². The molecule has 7 nitrogen and oxygen atoms in total. The van der Waals surface area contributed by atoms with Gasteiger partial charge in [0.15, 0.2) is 0 Å². The molecule has 0 unspecified atom stereocenters. The van der Waals surface area contributed by atoms with E-state index in [9.17, 15) is 17.6 Å². The van der Waals surface area contributed by atoms with Gasteiger partial charge in [-0.15, -0.1) is 0 Å². The topological polar surface area (TPSA) is 84.3 Å². The fraction of sp³-hybridized carbons (Fsp3) is 0.412. The summed E-state index contributed by atoms with van der Waals surface area (Å²) in [5, 5.41) is 7.07. The van der Waals surface area contributed by atoms with Gasteiger partial charge in [-0.25, -0.2) is 12.8 Å². The molecule has 1 atom stereocenters. The number of sulfonamides is 1. The monoisotopic (exact) mass is 380 g/mol. The zero-order valence-corrected chi connectivity index (χ0v) is 15.6. The van der Waals surface area contributed by atoms with E-state index in [2.05, 4.69) is 10.4 Å². The average molecular weight is 380 g/mol. The van der Waals surface area contributed by atoms with E-state index in [1.54, 1.807) is 10.9 Å². The molecule has 26 heavy (non-hydrogen) atoms. The molecule has 1 aliphatic rings. The predicted molar refractivity (Wildman–Crippen MR) is 93.2 cm³/mol. The number of hydrogen-bond acceptors (Lipinski definition) is 4. The van der Waals surface area contributed by atoms with Crippen molar-refractivity contribution in [1.82, 2.24) is 19.4 Å². The number of aromatic nitrogens is 2. The number of carbonyl (C=O) groups excluding carboxylic acids is 1. The van der Waals surface area contributed by atoms with E-state index in [4.69, 9.17) is 0 Å². The van der Waals surface area contributed by atoms with E-state index >= 15 is 0 Å². The third kappa shape index (κ3) is 3.36. The van der Waals surface area contributed by atoms with Gasteiger partial charge in [0.1, 0.15) is 5.82 Å². The first-order chi connectivity index (χ1) is 12.2. The lowest BCUT2D eigenvalue weighted by Crippen LogP contribution is -2.55. The van der Waals surface area contributed by atoms with Crippen LogP contribution in [0.1, 0.15) is 24.2 Å². The Kier molecular flexibility index (Phi) is 4.85. The molecule has 9 heteroatoms. The van der Waals surface area contributed by atoms with Gasteiger partial charge in [-0.3, -0.25) is 9.48 Å². The first kappa shape index (κ1) is 18.5. The Morgan fingerprint density at radius 3 is 2.46 bits per heavy atom. The second kappa shape index (κ2) is 6.81. The highest BCUT2D eigenvalue weighted by molar-refractivity contribution is 7.89. The molecule has 0 aliphatic carbocycles. The smallest absolute Gasteiger partial charge is 0.243 e. The van der Waals surface area contributed by atoms with Gasteiger partial charge in [-0.05, 0) is 38.1 Å². The largest absolute Gasteiger partial charge is 0.349 e. The average Bonchev–Trinajstić information content (AvgIpc) is 2.85.